The lowest BCUT2D eigenvalue weighted by Gasteiger charge is -2.14. The molecule has 0 spiro atoms. The normalized spacial score (nSPS) is 12.0. The first-order valence-corrected chi connectivity index (χ1v) is 7.08. The highest BCUT2D eigenvalue weighted by Gasteiger charge is 2.11. The third-order valence-electron chi connectivity index (χ3n) is 3.65. The summed E-state index contributed by atoms with van der Waals surface area (Å²) in [6.07, 6.45) is 0. The maximum absolute atomic E-state index is 12.9. The van der Waals surface area contributed by atoms with Crippen molar-refractivity contribution in [2.45, 2.75) is 26.7 Å². The van der Waals surface area contributed by atoms with Gasteiger partial charge in [-0.2, -0.15) is 0 Å². The van der Waals surface area contributed by atoms with E-state index in [0.717, 1.165) is 16.7 Å². The summed E-state index contributed by atoms with van der Waals surface area (Å²) in [5.41, 5.74) is 3.75. The first-order chi connectivity index (χ1) is 9.97. The first-order valence-electron chi connectivity index (χ1n) is 7.08. The highest BCUT2D eigenvalue weighted by molar-refractivity contribution is 5.95. The Morgan fingerprint density at radius 3 is 2.48 bits per heavy atom. The molecule has 1 atom stereocenters. The number of benzene rings is 2. The minimum absolute atomic E-state index is 0.0647. The molecule has 0 aromatic heterocycles. The zero-order valence-electron chi connectivity index (χ0n) is 12.6. The maximum atomic E-state index is 12.9. The van der Waals surface area contributed by atoms with Crippen LogP contribution < -0.4 is 5.32 Å². The van der Waals surface area contributed by atoms with E-state index in [0.29, 0.717) is 12.1 Å². The van der Waals surface area contributed by atoms with Gasteiger partial charge in [0.1, 0.15) is 5.82 Å². The summed E-state index contributed by atoms with van der Waals surface area (Å²) in [5.74, 6) is -0.171. The lowest BCUT2D eigenvalue weighted by atomic mass is 10.0. The second-order valence-corrected chi connectivity index (χ2v) is 5.48. The SMILES string of the molecule is Cc1ccc(C)c(C(=O)NCC(C)c2ccc(F)cc2)c1. The van der Waals surface area contributed by atoms with E-state index >= 15 is 0 Å². The molecule has 0 saturated heterocycles. The van der Waals surface area contributed by atoms with Crippen LogP contribution in [0.1, 0.15) is 39.9 Å². The number of hydrogen-bond acceptors (Lipinski definition) is 1. The molecule has 2 aromatic rings. The van der Waals surface area contributed by atoms with Gasteiger partial charge in [0, 0.05) is 12.1 Å². The quantitative estimate of drug-likeness (QED) is 0.904. The van der Waals surface area contributed by atoms with E-state index in [1.54, 1.807) is 12.1 Å². The zero-order valence-corrected chi connectivity index (χ0v) is 12.6. The molecular formula is C18H20FNO. The number of carbonyl (C=O) groups excluding carboxylic acids is 1. The van der Waals surface area contributed by atoms with Crippen molar-refractivity contribution in [3.8, 4) is 0 Å². The standard InChI is InChI=1S/C18H20FNO/c1-12-4-5-13(2)17(10-12)18(21)20-11-14(3)15-6-8-16(19)9-7-15/h4-10,14H,11H2,1-3H3,(H,20,21). The number of rotatable bonds is 4. The Labute approximate surface area is 125 Å². The highest BCUT2D eigenvalue weighted by atomic mass is 19.1. The Morgan fingerprint density at radius 2 is 1.81 bits per heavy atom. The van der Waals surface area contributed by atoms with Crippen LogP contribution in [0.15, 0.2) is 42.5 Å². The Balaban J connectivity index is 2.00. The van der Waals surface area contributed by atoms with Crippen LogP contribution in [-0.4, -0.2) is 12.5 Å². The Morgan fingerprint density at radius 1 is 1.14 bits per heavy atom. The molecule has 0 heterocycles. The number of carbonyl (C=O) groups is 1. The van der Waals surface area contributed by atoms with Gasteiger partial charge in [0.25, 0.3) is 5.91 Å². The smallest absolute Gasteiger partial charge is 0.251 e. The second kappa shape index (κ2) is 6.53. The van der Waals surface area contributed by atoms with Crippen LogP contribution in [-0.2, 0) is 0 Å². The summed E-state index contributed by atoms with van der Waals surface area (Å²) in [7, 11) is 0. The van der Waals surface area contributed by atoms with E-state index in [-0.39, 0.29) is 17.6 Å². The van der Waals surface area contributed by atoms with Crippen LogP contribution in [0, 0.1) is 19.7 Å². The molecule has 0 saturated carbocycles. The van der Waals surface area contributed by atoms with Crippen molar-refractivity contribution >= 4 is 5.91 Å². The molecule has 0 aliphatic rings. The fourth-order valence-corrected chi connectivity index (χ4v) is 2.23. The first kappa shape index (κ1) is 15.2. The van der Waals surface area contributed by atoms with Crippen LogP contribution in [0.5, 0.6) is 0 Å². The number of hydrogen-bond donors (Lipinski definition) is 1. The summed E-state index contributed by atoms with van der Waals surface area (Å²) in [6, 6.07) is 12.2. The molecule has 0 aliphatic heterocycles. The summed E-state index contributed by atoms with van der Waals surface area (Å²) >= 11 is 0. The number of halogens is 1. The van der Waals surface area contributed by atoms with E-state index in [2.05, 4.69) is 5.32 Å². The molecule has 3 heteroatoms. The van der Waals surface area contributed by atoms with E-state index in [9.17, 15) is 9.18 Å². The minimum Gasteiger partial charge on any atom is -0.351 e. The van der Waals surface area contributed by atoms with Crippen molar-refractivity contribution < 1.29 is 9.18 Å². The van der Waals surface area contributed by atoms with Gasteiger partial charge >= 0.3 is 0 Å². The van der Waals surface area contributed by atoms with Crippen molar-refractivity contribution in [2.75, 3.05) is 6.54 Å². The van der Waals surface area contributed by atoms with Gasteiger partial charge in [0.2, 0.25) is 0 Å². The highest BCUT2D eigenvalue weighted by Crippen LogP contribution is 2.15. The molecule has 1 unspecified atom stereocenters. The van der Waals surface area contributed by atoms with Gasteiger partial charge < -0.3 is 5.32 Å². The summed E-state index contributed by atoms with van der Waals surface area (Å²) in [6.45, 7) is 6.43. The predicted molar refractivity (Wildman–Crippen MR) is 83.1 cm³/mol. The van der Waals surface area contributed by atoms with Crippen LogP contribution in [0.4, 0.5) is 4.39 Å². The minimum atomic E-state index is -0.245. The fraction of sp³-hybridized carbons (Fsp3) is 0.278. The average molecular weight is 285 g/mol. The molecular weight excluding hydrogens is 265 g/mol. The Hall–Kier alpha value is -2.16. The van der Waals surface area contributed by atoms with Crippen LogP contribution in [0.2, 0.25) is 0 Å². The molecule has 21 heavy (non-hydrogen) atoms. The van der Waals surface area contributed by atoms with Gasteiger partial charge in [-0.1, -0.05) is 36.8 Å². The van der Waals surface area contributed by atoms with Crippen LogP contribution >= 0.6 is 0 Å². The van der Waals surface area contributed by atoms with Gasteiger partial charge in [-0.3, -0.25) is 4.79 Å². The molecule has 0 aliphatic carbocycles. The predicted octanol–water partition coefficient (Wildman–Crippen LogP) is 3.98. The van der Waals surface area contributed by atoms with E-state index in [1.807, 2.05) is 39.0 Å². The largest absolute Gasteiger partial charge is 0.351 e. The van der Waals surface area contributed by atoms with Gasteiger partial charge in [0.05, 0.1) is 0 Å². The lowest BCUT2D eigenvalue weighted by Crippen LogP contribution is -2.28. The summed E-state index contributed by atoms with van der Waals surface area (Å²) in [4.78, 5) is 12.2. The van der Waals surface area contributed by atoms with Crippen molar-refractivity contribution in [1.82, 2.24) is 5.32 Å². The number of nitrogens with one attached hydrogen (secondary N) is 1. The van der Waals surface area contributed by atoms with E-state index in [4.69, 9.17) is 0 Å². The monoisotopic (exact) mass is 285 g/mol. The molecule has 0 radical (unpaired) electrons. The van der Waals surface area contributed by atoms with Crippen LogP contribution in [0.25, 0.3) is 0 Å². The van der Waals surface area contributed by atoms with Crippen LogP contribution in [0.3, 0.4) is 0 Å². The number of amides is 1. The van der Waals surface area contributed by atoms with Gasteiger partial charge in [-0.25, -0.2) is 4.39 Å². The van der Waals surface area contributed by atoms with Gasteiger partial charge in [-0.05, 0) is 49.1 Å². The maximum Gasteiger partial charge on any atom is 0.251 e. The van der Waals surface area contributed by atoms with E-state index in [1.165, 1.54) is 12.1 Å². The fourth-order valence-electron chi connectivity index (χ4n) is 2.23. The third kappa shape index (κ3) is 3.91. The van der Waals surface area contributed by atoms with Crippen molar-refractivity contribution in [3.63, 3.8) is 0 Å². The second-order valence-electron chi connectivity index (χ2n) is 5.48. The molecule has 110 valence electrons. The molecule has 0 fully saturated rings. The summed E-state index contributed by atoms with van der Waals surface area (Å²) in [5, 5.41) is 2.95. The van der Waals surface area contributed by atoms with E-state index < -0.39 is 0 Å². The lowest BCUT2D eigenvalue weighted by molar-refractivity contribution is 0.0951. The third-order valence-corrected chi connectivity index (χ3v) is 3.65. The molecule has 1 N–H and O–H groups in total. The number of aryl methyl sites for hydroxylation is 2. The molecule has 2 nitrogen and oxygen atoms in total. The van der Waals surface area contributed by atoms with Gasteiger partial charge in [-0.15, -0.1) is 0 Å². The topological polar surface area (TPSA) is 29.1 Å². The zero-order chi connectivity index (χ0) is 15.4. The molecule has 2 aromatic carbocycles. The molecule has 2 rings (SSSR count). The van der Waals surface area contributed by atoms with Crippen molar-refractivity contribution in [1.29, 1.82) is 0 Å². The Kier molecular flexibility index (Phi) is 4.73. The van der Waals surface area contributed by atoms with Crippen molar-refractivity contribution in [2.24, 2.45) is 0 Å². The van der Waals surface area contributed by atoms with Crippen molar-refractivity contribution in [3.05, 3.63) is 70.5 Å². The summed E-state index contributed by atoms with van der Waals surface area (Å²) < 4.78 is 12.9. The average Bonchev–Trinajstić information content (AvgIpc) is 2.47. The van der Waals surface area contributed by atoms with Gasteiger partial charge in [0.15, 0.2) is 0 Å². The molecule has 1 amide bonds. The Bertz CT molecular complexity index is 634. The molecule has 0 bridgehead atoms.